The fourth-order valence-electron chi connectivity index (χ4n) is 2.33. The van der Waals surface area contributed by atoms with Gasteiger partial charge >= 0.3 is 0 Å². The number of benzene rings is 2. The predicted molar refractivity (Wildman–Crippen MR) is 78.4 cm³/mol. The summed E-state index contributed by atoms with van der Waals surface area (Å²) in [6, 6.07) is 9.57. The first-order valence-corrected chi connectivity index (χ1v) is 7.21. The Morgan fingerprint density at radius 3 is 2.71 bits per heavy atom. The lowest BCUT2D eigenvalue weighted by molar-refractivity contribution is 0.171. The van der Waals surface area contributed by atoms with Crippen LogP contribution in [0.2, 0.25) is 0 Å². The average molecular weight is 303 g/mol. The molecule has 0 radical (unpaired) electrons. The van der Waals surface area contributed by atoms with Gasteiger partial charge in [-0.2, -0.15) is 0 Å². The molecular weight excluding hydrogens is 293 g/mol. The van der Waals surface area contributed by atoms with Crippen molar-refractivity contribution in [3.8, 4) is 17.2 Å². The summed E-state index contributed by atoms with van der Waals surface area (Å²) in [4.78, 5) is 12.4. The maximum absolute atomic E-state index is 13.3. The third kappa shape index (κ3) is 1.99. The SMILES string of the molecule is O=c1c2cc(F)ccc2sn1-c1ccc2c(c1)OCCO2. The summed E-state index contributed by atoms with van der Waals surface area (Å²) >= 11 is 1.28. The molecule has 0 amide bonds. The summed E-state index contributed by atoms with van der Waals surface area (Å²) in [5.41, 5.74) is 0.456. The van der Waals surface area contributed by atoms with Crippen LogP contribution >= 0.6 is 11.5 Å². The minimum absolute atomic E-state index is 0.230. The van der Waals surface area contributed by atoms with Crippen molar-refractivity contribution in [2.75, 3.05) is 13.2 Å². The van der Waals surface area contributed by atoms with Gasteiger partial charge in [-0.3, -0.25) is 4.79 Å². The van der Waals surface area contributed by atoms with E-state index < -0.39 is 5.82 Å². The second-order valence-electron chi connectivity index (χ2n) is 4.66. The van der Waals surface area contributed by atoms with E-state index in [-0.39, 0.29) is 5.56 Å². The van der Waals surface area contributed by atoms with Gasteiger partial charge in [-0.25, -0.2) is 8.35 Å². The van der Waals surface area contributed by atoms with E-state index in [1.165, 1.54) is 27.6 Å². The Bertz CT molecular complexity index is 900. The number of rotatable bonds is 1. The van der Waals surface area contributed by atoms with Crippen molar-refractivity contribution in [3.05, 3.63) is 52.6 Å². The lowest BCUT2D eigenvalue weighted by Crippen LogP contribution is -2.16. The van der Waals surface area contributed by atoms with Crippen molar-refractivity contribution in [2.45, 2.75) is 0 Å². The zero-order valence-electron chi connectivity index (χ0n) is 10.8. The van der Waals surface area contributed by atoms with Crippen LogP contribution in [-0.4, -0.2) is 17.2 Å². The molecule has 4 rings (SSSR count). The fraction of sp³-hybridized carbons (Fsp3) is 0.133. The van der Waals surface area contributed by atoms with Crippen molar-refractivity contribution >= 4 is 21.6 Å². The van der Waals surface area contributed by atoms with E-state index in [1.807, 2.05) is 0 Å². The largest absolute Gasteiger partial charge is 0.486 e. The normalized spacial score (nSPS) is 13.6. The van der Waals surface area contributed by atoms with Crippen LogP contribution in [0.15, 0.2) is 41.2 Å². The number of hydrogen-bond donors (Lipinski definition) is 0. The van der Waals surface area contributed by atoms with Gasteiger partial charge in [0, 0.05) is 6.07 Å². The Morgan fingerprint density at radius 1 is 1.05 bits per heavy atom. The van der Waals surface area contributed by atoms with Crippen molar-refractivity contribution in [1.29, 1.82) is 0 Å². The Morgan fingerprint density at radius 2 is 1.86 bits per heavy atom. The minimum atomic E-state index is -0.410. The van der Waals surface area contributed by atoms with E-state index >= 15 is 0 Å². The van der Waals surface area contributed by atoms with Crippen LogP contribution in [0, 0.1) is 5.82 Å². The van der Waals surface area contributed by atoms with Crippen molar-refractivity contribution < 1.29 is 13.9 Å². The van der Waals surface area contributed by atoms with Gasteiger partial charge in [-0.1, -0.05) is 11.5 Å². The molecule has 2 aromatic carbocycles. The van der Waals surface area contributed by atoms with Crippen LogP contribution in [0.5, 0.6) is 11.5 Å². The monoisotopic (exact) mass is 303 g/mol. The Labute approximate surface area is 123 Å². The fourth-order valence-corrected chi connectivity index (χ4v) is 3.30. The molecule has 21 heavy (non-hydrogen) atoms. The summed E-state index contributed by atoms with van der Waals surface area (Å²) in [5.74, 6) is 0.881. The van der Waals surface area contributed by atoms with Gasteiger partial charge in [-0.15, -0.1) is 0 Å². The first-order valence-electron chi connectivity index (χ1n) is 6.44. The number of hydrogen-bond acceptors (Lipinski definition) is 4. The van der Waals surface area contributed by atoms with E-state index in [2.05, 4.69) is 0 Å². The smallest absolute Gasteiger partial charge is 0.273 e. The number of halogens is 1. The highest BCUT2D eigenvalue weighted by atomic mass is 32.1. The summed E-state index contributed by atoms with van der Waals surface area (Å²) in [7, 11) is 0. The number of ether oxygens (including phenoxy) is 2. The lowest BCUT2D eigenvalue weighted by atomic mass is 10.2. The molecular formula is C15H10FNO3S. The molecule has 0 aliphatic carbocycles. The molecule has 2 heterocycles. The molecule has 4 nitrogen and oxygen atoms in total. The maximum Gasteiger partial charge on any atom is 0.273 e. The number of fused-ring (bicyclic) bond motifs is 2. The van der Waals surface area contributed by atoms with Gasteiger partial charge in [0.25, 0.3) is 5.56 Å². The molecule has 0 saturated carbocycles. The highest BCUT2D eigenvalue weighted by Gasteiger charge is 2.15. The zero-order valence-corrected chi connectivity index (χ0v) is 11.7. The van der Waals surface area contributed by atoms with Crippen LogP contribution in [0.4, 0.5) is 4.39 Å². The Kier molecular flexibility index (Phi) is 2.71. The van der Waals surface area contributed by atoms with Crippen molar-refractivity contribution in [2.24, 2.45) is 0 Å². The highest BCUT2D eigenvalue weighted by Crippen LogP contribution is 2.32. The van der Waals surface area contributed by atoms with E-state index in [0.29, 0.717) is 35.8 Å². The standard InChI is InChI=1S/C15H10FNO3S/c16-9-1-4-14-11(7-9)15(18)17(21-14)10-2-3-12-13(8-10)20-6-5-19-12/h1-4,7-8H,5-6H2. The Hall–Kier alpha value is -2.34. The second-order valence-corrected chi connectivity index (χ2v) is 5.65. The van der Waals surface area contributed by atoms with Crippen LogP contribution in [0.3, 0.4) is 0 Å². The summed E-state index contributed by atoms with van der Waals surface area (Å²) in [6.45, 7) is 1.01. The molecule has 0 spiro atoms. The number of aromatic nitrogens is 1. The molecule has 0 fully saturated rings. The summed E-state index contributed by atoms with van der Waals surface area (Å²) in [6.07, 6.45) is 0. The predicted octanol–water partition coefficient (Wildman–Crippen LogP) is 2.96. The average Bonchev–Trinajstić information content (AvgIpc) is 2.84. The first-order chi connectivity index (χ1) is 10.2. The third-order valence-electron chi connectivity index (χ3n) is 3.31. The van der Waals surface area contributed by atoms with Gasteiger partial charge in [0.05, 0.1) is 15.8 Å². The highest BCUT2D eigenvalue weighted by molar-refractivity contribution is 7.14. The van der Waals surface area contributed by atoms with E-state index in [0.717, 1.165) is 4.70 Å². The zero-order chi connectivity index (χ0) is 14.4. The van der Waals surface area contributed by atoms with E-state index in [9.17, 15) is 9.18 Å². The van der Waals surface area contributed by atoms with Gasteiger partial charge in [0.2, 0.25) is 0 Å². The van der Waals surface area contributed by atoms with Gasteiger partial charge < -0.3 is 9.47 Å². The number of nitrogens with zero attached hydrogens (tertiary/aromatic N) is 1. The first kappa shape index (κ1) is 12.4. The molecule has 0 bridgehead atoms. The second kappa shape index (κ2) is 4.60. The Balaban J connectivity index is 1.90. The van der Waals surface area contributed by atoms with Gasteiger partial charge in [0.1, 0.15) is 19.0 Å². The molecule has 6 heteroatoms. The molecule has 1 aromatic heterocycles. The molecule has 1 aliphatic heterocycles. The maximum atomic E-state index is 13.3. The van der Waals surface area contributed by atoms with Gasteiger partial charge in [0.15, 0.2) is 11.5 Å². The molecule has 0 atom stereocenters. The van der Waals surface area contributed by atoms with Crippen LogP contribution in [0.1, 0.15) is 0 Å². The summed E-state index contributed by atoms with van der Waals surface area (Å²) in [5, 5.41) is 0.384. The third-order valence-corrected chi connectivity index (χ3v) is 4.42. The molecule has 0 N–H and O–H groups in total. The molecule has 0 saturated heterocycles. The van der Waals surface area contributed by atoms with Crippen molar-refractivity contribution in [1.82, 2.24) is 3.96 Å². The molecule has 3 aromatic rings. The lowest BCUT2D eigenvalue weighted by Gasteiger charge is -2.18. The van der Waals surface area contributed by atoms with E-state index in [4.69, 9.17) is 9.47 Å². The molecule has 0 unspecified atom stereocenters. The quantitative estimate of drug-likeness (QED) is 0.694. The molecule has 1 aliphatic rings. The minimum Gasteiger partial charge on any atom is -0.486 e. The van der Waals surface area contributed by atoms with Crippen LogP contribution in [-0.2, 0) is 0 Å². The summed E-state index contributed by atoms with van der Waals surface area (Å²) < 4.78 is 26.5. The van der Waals surface area contributed by atoms with Crippen molar-refractivity contribution in [3.63, 3.8) is 0 Å². The molecule has 106 valence electrons. The van der Waals surface area contributed by atoms with Gasteiger partial charge in [-0.05, 0) is 30.3 Å². The van der Waals surface area contributed by atoms with E-state index in [1.54, 1.807) is 24.3 Å². The van der Waals surface area contributed by atoms with Crippen LogP contribution < -0.4 is 15.0 Å². The van der Waals surface area contributed by atoms with Crippen LogP contribution in [0.25, 0.3) is 15.8 Å². The topological polar surface area (TPSA) is 40.5 Å².